The fraction of sp³-hybridized carbons (Fsp3) is 0.500. The van der Waals surface area contributed by atoms with Crippen molar-refractivity contribution in [3.05, 3.63) is 22.3 Å². The van der Waals surface area contributed by atoms with Crippen molar-refractivity contribution in [3.8, 4) is 0 Å². The van der Waals surface area contributed by atoms with Gasteiger partial charge in [-0.1, -0.05) is 22.9 Å². The largest absolute Gasteiger partial charge is 0.314 e. The molecule has 0 aromatic carbocycles. The molecular formula is C10H12ClN5O2S2. The Hall–Kier alpha value is -1.03. The first-order valence-corrected chi connectivity index (χ1v) is 8.60. The molecule has 0 radical (unpaired) electrons. The second-order valence-corrected chi connectivity index (χ2v) is 8.37. The number of fused-ring (bicyclic) bond motifs is 1. The molecule has 20 heavy (non-hydrogen) atoms. The van der Waals surface area contributed by atoms with E-state index in [0.29, 0.717) is 5.82 Å². The molecular weight excluding hydrogens is 322 g/mol. The Morgan fingerprint density at radius 3 is 3.00 bits per heavy atom. The second kappa shape index (κ2) is 5.06. The molecule has 0 N–H and O–H groups in total. The van der Waals surface area contributed by atoms with Crippen molar-refractivity contribution in [2.45, 2.75) is 30.1 Å². The van der Waals surface area contributed by atoms with Crippen molar-refractivity contribution in [2.24, 2.45) is 0 Å². The van der Waals surface area contributed by atoms with E-state index in [9.17, 15) is 8.42 Å². The third-order valence-electron chi connectivity index (χ3n) is 3.17. The van der Waals surface area contributed by atoms with Crippen molar-refractivity contribution in [1.82, 2.24) is 24.1 Å². The lowest BCUT2D eigenvalue weighted by Crippen LogP contribution is -2.27. The third kappa shape index (κ3) is 2.34. The van der Waals surface area contributed by atoms with Crippen molar-refractivity contribution < 1.29 is 8.42 Å². The zero-order chi connectivity index (χ0) is 14.3. The van der Waals surface area contributed by atoms with E-state index < -0.39 is 10.0 Å². The Labute approximate surface area is 125 Å². The summed E-state index contributed by atoms with van der Waals surface area (Å²) in [6.07, 6.45) is 3.19. The van der Waals surface area contributed by atoms with Gasteiger partial charge in [-0.3, -0.25) is 0 Å². The van der Waals surface area contributed by atoms with Gasteiger partial charge in [0.1, 0.15) is 11.6 Å². The maximum absolute atomic E-state index is 12.4. The molecule has 10 heteroatoms. The predicted octanol–water partition coefficient (Wildman–Crippen LogP) is 1.15. The summed E-state index contributed by atoms with van der Waals surface area (Å²) >= 11 is 6.63. The SMILES string of the molecule is CN(Cc1nnc2n1CCC2)S(=O)(=O)c1cnc(Cl)s1. The Balaban J connectivity index is 1.84. The van der Waals surface area contributed by atoms with Crippen LogP contribution in [0.5, 0.6) is 0 Å². The van der Waals surface area contributed by atoms with Crippen LogP contribution >= 0.6 is 22.9 Å². The van der Waals surface area contributed by atoms with Crippen LogP contribution in [0.4, 0.5) is 0 Å². The standard InChI is InChI=1S/C10H12ClN5O2S2/c1-15(20(17,18)9-5-12-10(11)19-9)6-8-14-13-7-3-2-4-16(7)8/h5H,2-4,6H2,1H3. The van der Waals surface area contributed by atoms with Crippen molar-refractivity contribution >= 4 is 33.0 Å². The van der Waals surface area contributed by atoms with E-state index in [1.807, 2.05) is 4.57 Å². The highest BCUT2D eigenvalue weighted by molar-refractivity contribution is 7.91. The quantitative estimate of drug-likeness (QED) is 0.838. The second-order valence-electron chi connectivity index (χ2n) is 4.48. The summed E-state index contributed by atoms with van der Waals surface area (Å²) in [5.41, 5.74) is 0. The van der Waals surface area contributed by atoms with Crippen molar-refractivity contribution in [2.75, 3.05) is 7.05 Å². The molecule has 0 unspecified atom stereocenters. The van der Waals surface area contributed by atoms with E-state index in [0.717, 1.165) is 36.5 Å². The summed E-state index contributed by atoms with van der Waals surface area (Å²) < 4.78 is 28.3. The van der Waals surface area contributed by atoms with E-state index in [-0.39, 0.29) is 15.2 Å². The Morgan fingerprint density at radius 2 is 2.30 bits per heavy atom. The van der Waals surface area contributed by atoms with Crippen LogP contribution in [0.1, 0.15) is 18.1 Å². The van der Waals surface area contributed by atoms with Gasteiger partial charge in [0.05, 0.1) is 12.7 Å². The molecule has 0 saturated heterocycles. The monoisotopic (exact) mass is 333 g/mol. The van der Waals surface area contributed by atoms with Gasteiger partial charge in [-0.25, -0.2) is 13.4 Å². The molecule has 1 aliphatic heterocycles. The number of aromatic nitrogens is 4. The maximum Gasteiger partial charge on any atom is 0.254 e. The van der Waals surface area contributed by atoms with Gasteiger partial charge >= 0.3 is 0 Å². The van der Waals surface area contributed by atoms with E-state index in [1.165, 1.54) is 17.5 Å². The molecule has 3 rings (SSSR count). The molecule has 7 nitrogen and oxygen atoms in total. The van der Waals surface area contributed by atoms with Crippen LogP contribution in [0.3, 0.4) is 0 Å². The van der Waals surface area contributed by atoms with Crippen LogP contribution in [-0.4, -0.2) is 39.5 Å². The smallest absolute Gasteiger partial charge is 0.254 e. The molecule has 0 atom stereocenters. The highest BCUT2D eigenvalue weighted by atomic mass is 35.5. The first-order chi connectivity index (χ1) is 9.48. The topological polar surface area (TPSA) is 81.0 Å². The number of halogens is 1. The van der Waals surface area contributed by atoms with Gasteiger partial charge in [-0.05, 0) is 6.42 Å². The number of hydrogen-bond donors (Lipinski definition) is 0. The number of aryl methyl sites for hydroxylation is 1. The summed E-state index contributed by atoms with van der Waals surface area (Å²) in [7, 11) is -2.07. The Bertz CT molecular complexity index is 739. The number of hydrogen-bond acceptors (Lipinski definition) is 6. The summed E-state index contributed by atoms with van der Waals surface area (Å²) in [4.78, 5) is 3.77. The lowest BCUT2D eigenvalue weighted by Gasteiger charge is -2.15. The highest BCUT2D eigenvalue weighted by Gasteiger charge is 2.26. The zero-order valence-corrected chi connectivity index (χ0v) is 13.0. The molecule has 2 aromatic heterocycles. The number of sulfonamides is 1. The van der Waals surface area contributed by atoms with E-state index in [1.54, 1.807) is 0 Å². The maximum atomic E-state index is 12.4. The molecule has 0 amide bonds. The van der Waals surface area contributed by atoms with Gasteiger partial charge in [-0.2, -0.15) is 4.31 Å². The highest BCUT2D eigenvalue weighted by Crippen LogP contribution is 2.26. The molecule has 0 bridgehead atoms. The minimum Gasteiger partial charge on any atom is -0.314 e. The average Bonchev–Trinajstić information content (AvgIpc) is 3.07. The number of rotatable bonds is 4. The minimum absolute atomic E-state index is 0.131. The fourth-order valence-corrected chi connectivity index (χ4v) is 4.75. The zero-order valence-electron chi connectivity index (χ0n) is 10.7. The van der Waals surface area contributed by atoms with Crippen LogP contribution in [-0.2, 0) is 29.5 Å². The van der Waals surface area contributed by atoms with Gasteiger partial charge in [0.25, 0.3) is 10.0 Å². The van der Waals surface area contributed by atoms with Gasteiger partial charge in [0.2, 0.25) is 0 Å². The molecule has 0 spiro atoms. The molecule has 0 saturated carbocycles. The van der Waals surface area contributed by atoms with Crippen LogP contribution in [0, 0.1) is 0 Å². The molecule has 0 fully saturated rings. The predicted molar refractivity (Wildman–Crippen MR) is 74.1 cm³/mol. The number of nitrogens with zero attached hydrogens (tertiary/aromatic N) is 5. The first kappa shape index (κ1) is 13.9. The lowest BCUT2D eigenvalue weighted by molar-refractivity contribution is 0.448. The Kier molecular flexibility index (Phi) is 3.53. The van der Waals surface area contributed by atoms with Gasteiger partial charge in [0, 0.05) is 20.0 Å². The fourth-order valence-electron chi connectivity index (χ4n) is 2.12. The first-order valence-electron chi connectivity index (χ1n) is 5.97. The average molecular weight is 334 g/mol. The summed E-state index contributed by atoms with van der Waals surface area (Å²) in [5, 5.41) is 8.13. The molecule has 108 valence electrons. The van der Waals surface area contributed by atoms with Crippen molar-refractivity contribution in [3.63, 3.8) is 0 Å². The van der Waals surface area contributed by atoms with Gasteiger partial charge in [0.15, 0.2) is 8.68 Å². The normalized spacial score (nSPS) is 14.9. The number of thiazole rings is 1. The lowest BCUT2D eigenvalue weighted by atomic mass is 10.4. The summed E-state index contributed by atoms with van der Waals surface area (Å²) in [6, 6.07) is 0. The third-order valence-corrected chi connectivity index (χ3v) is 6.53. The van der Waals surface area contributed by atoms with E-state index in [2.05, 4.69) is 15.2 Å². The van der Waals surface area contributed by atoms with Gasteiger partial charge < -0.3 is 4.57 Å². The molecule has 3 heterocycles. The van der Waals surface area contributed by atoms with E-state index >= 15 is 0 Å². The molecule has 1 aliphatic rings. The van der Waals surface area contributed by atoms with Crippen LogP contribution < -0.4 is 0 Å². The molecule has 2 aromatic rings. The summed E-state index contributed by atoms with van der Waals surface area (Å²) in [5.74, 6) is 1.59. The van der Waals surface area contributed by atoms with Gasteiger partial charge in [-0.15, -0.1) is 10.2 Å². The van der Waals surface area contributed by atoms with Crippen molar-refractivity contribution in [1.29, 1.82) is 0 Å². The molecule has 0 aliphatic carbocycles. The van der Waals surface area contributed by atoms with E-state index in [4.69, 9.17) is 11.6 Å². The summed E-state index contributed by atoms with van der Waals surface area (Å²) in [6.45, 7) is 1.03. The van der Waals surface area contributed by atoms with Crippen LogP contribution in [0.15, 0.2) is 10.4 Å². The van der Waals surface area contributed by atoms with Crippen LogP contribution in [0.2, 0.25) is 4.47 Å². The minimum atomic E-state index is -3.59. The Morgan fingerprint density at radius 1 is 1.50 bits per heavy atom. The van der Waals surface area contributed by atoms with Crippen LogP contribution in [0.25, 0.3) is 0 Å².